The van der Waals surface area contributed by atoms with Crippen LogP contribution in [0.15, 0.2) is 72.8 Å². The average molecular weight is 324 g/mol. The summed E-state index contributed by atoms with van der Waals surface area (Å²) in [6.07, 6.45) is 1.64. The Morgan fingerprint density at radius 3 is 1.83 bits per heavy atom. The van der Waals surface area contributed by atoms with Crippen LogP contribution in [0.25, 0.3) is 0 Å². The molecular weight excluding hydrogens is 304 g/mol. The maximum Gasteiger partial charge on any atom is 0.330 e. The fourth-order valence-corrected chi connectivity index (χ4v) is 2.02. The van der Waals surface area contributed by atoms with Gasteiger partial charge in [-0.15, -0.1) is 0 Å². The predicted octanol–water partition coefficient (Wildman–Crippen LogP) is 3.72. The summed E-state index contributed by atoms with van der Waals surface area (Å²) in [5, 5.41) is 8.37. The van der Waals surface area contributed by atoms with Gasteiger partial charge in [0.25, 0.3) is 0 Å². The Balaban J connectivity index is 0.000000185. The molecule has 4 heteroatoms. The second-order valence-corrected chi connectivity index (χ2v) is 5.46. The number of epoxide rings is 1. The van der Waals surface area contributed by atoms with Gasteiger partial charge < -0.3 is 9.84 Å². The summed E-state index contributed by atoms with van der Waals surface area (Å²) in [5.41, 5.74) is 1.74. The summed E-state index contributed by atoms with van der Waals surface area (Å²) in [5.74, 6) is -0.827. The van der Waals surface area contributed by atoms with E-state index in [9.17, 15) is 9.59 Å². The SMILES string of the molecule is C=C(CCC1CO1)C(=O)O.O=C(c1ccccc1)c1ccccc1. The highest BCUT2D eigenvalue weighted by Crippen LogP contribution is 2.17. The Hall–Kier alpha value is -2.72. The molecule has 1 aliphatic rings. The van der Waals surface area contributed by atoms with E-state index in [0.717, 1.165) is 24.2 Å². The van der Waals surface area contributed by atoms with Gasteiger partial charge in [0, 0.05) is 16.7 Å². The lowest BCUT2D eigenvalue weighted by Gasteiger charge is -1.99. The Morgan fingerprint density at radius 1 is 1.00 bits per heavy atom. The van der Waals surface area contributed by atoms with Gasteiger partial charge in [0.05, 0.1) is 12.7 Å². The average Bonchev–Trinajstić information content (AvgIpc) is 3.45. The van der Waals surface area contributed by atoms with Crippen LogP contribution < -0.4 is 0 Å². The van der Waals surface area contributed by atoms with Crippen LogP contribution in [-0.2, 0) is 9.53 Å². The molecule has 0 radical (unpaired) electrons. The molecule has 0 spiro atoms. The zero-order chi connectivity index (χ0) is 17.4. The Kier molecular flexibility index (Phi) is 6.46. The van der Waals surface area contributed by atoms with Crippen LogP contribution in [0.3, 0.4) is 0 Å². The maximum atomic E-state index is 11.8. The fourth-order valence-electron chi connectivity index (χ4n) is 2.02. The molecule has 3 rings (SSSR count). The molecule has 1 heterocycles. The monoisotopic (exact) mass is 324 g/mol. The van der Waals surface area contributed by atoms with Crippen LogP contribution in [0, 0.1) is 0 Å². The number of ether oxygens (including phenoxy) is 1. The second-order valence-electron chi connectivity index (χ2n) is 5.46. The van der Waals surface area contributed by atoms with Crippen molar-refractivity contribution in [3.63, 3.8) is 0 Å². The lowest BCUT2D eigenvalue weighted by molar-refractivity contribution is -0.132. The molecule has 24 heavy (non-hydrogen) atoms. The molecule has 0 amide bonds. The first-order valence-electron chi connectivity index (χ1n) is 7.75. The van der Waals surface area contributed by atoms with Crippen LogP contribution in [0.4, 0.5) is 0 Å². The molecule has 0 aromatic heterocycles. The summed E-state index contributed by atoms with van der Waals surface area (Å²) in [7, 11) is 0. The Morgan fingerprint density at radius 2 is 1.46 bits per heavy atom. The van der Waals surface area contributed by atoms with E-state index in [1.165, 1.54) is 0 Å². The first-order valence-corrected chi connectivity index (χ1v) is 7.75. The molecular formula is C20H20O4. The lowest BCUT2D eigenvalue weighted by Crippen LogP contribution is -1.99. The van der Waals surface area contributed by atoms with Gasteiger partial charge in [0.15, 0.2) is 5.78 Å². The molecule has 0 aliphatic carbocycles. The second kappa shape index (κ2) is 8.79. The quantitative estimate of drug-likeness (QED) is 0.499. The van der Waals surface area contributed by atoms with Gasteiger partial charge >= 0.3 is 5.97 Å². The van der Waals surface area contributed by atoms with Crippen molar-refractivity contribution in [3.05, 3.63) is 83.9 Å². The van der Waals surface area contributed by atoms with Crippen LogP contribution >= 0.6 is 0 Å². The van der Waals surface area contributed by atoms with E-state index in [1.807, 2.05) is 60.7 Å². The van der Waals surface area contributed by atoms with Gasteiger partial charge in [-0.1, -0.05) is 67.2 Å². The van der Waals surface area contributed by atoms with Gasteiger partial charge in [-0.2, -0.15) is 0 Å². The number of carbonyl (C=O) groups excluding carboxylic acids is 1. The van der Waals surface area contributed by atoms with Gasteiger partial charge in [-0.25, -0.2) is 4.79 Å². The summed E-state index contributed by atoms with van der Waals surface area (Å²) < 4.78 is 4.90. The van der Waals surface area contributed by atoms with Crippen LogP contribution in [-0.4, -0.2) is 29.6 Å². The van der Waals surface area contributed by atoms with Crippen molar-refractivity contribution in [1.29, 1.82) is 0 Å². The largest absolute Gasteiger partial charge is 0.478 e. The van der Waals surface area contributed by atoms with Crippen molar-refractivity contribution in [1.82, 2.24) is 0 Å². The van der Waals surface area contributed by atoms with Crippen LogP contribution in [0.5, 0.6) is 0 Å². The van der Waals surface area contributed by atoms with E-state index < -0.39 is 5.97 Å². The number of carbonyl (C=O) groups is 2. The van der Waals surface area contributed by atoms with Crippen molar-refractivity contribution in [2.45, 2.75) is 18.9 Å². The minimum Gasteiger partial charge on any atom is -0.478 e. The molecule has 0 saturated carbocycles. The van der Waals surface area contributed by atoms with E-state index in [-0.39, 0.29) is 11.4 Å². The van der Waals surface area contributed by atoms with Gasteiger partial charge in [0.1, 0.15) is 0 Å². The zero-order valence-electron chi connectivity index (χ0n) is 13.4. The summed E-state index contributed by atoms with van der Waals surface area (Å²) >= 11 is 0. The number of hydrogen-bond donors (Lipinski definition) is 1. The third-order valence-electron chi connectivity index (χ3n) is 3.54. The predicted molar refractivity (Wildman–Crippen MR) is 92.1 cm³/mol. The smallest absolute Gasteiger partial charge is 0.330 e. The first kappa shape index (κ1) is 17.6. The fraction of sp³-hybridized carbons (Fsp3) is 0.200. The number of rotatable bonds is 6. The summed E-state index contributed by atoms with van der Waals surface area (Å²) in [4.78, 5) is 22.0. The van der Waals surface area contributed by atoms with Crippen molar-refractivity contribution in [3.8, 4) is 0 Å². The summed E-state index contributed by atoms with van der Waals surface area (Å²) in [6.45, 7) is 4.18. The Bertz CT molecular complexity index is 647. The van der Waals surface area contributed by atoms with E-state index in [0.29, 0.717) is 12.5 Å². The van der Waals surface area contributed by atoms with Gasteiger partial charge in [-0.3, -0.25) is 4.79 Å². The lowest BCUT2D eigenvalue weighted by atomic mass is 10.0. The molecule has 1 unspecified atom stereocenters. The number of benzene rings is 2. The van der Waals surface area contributed by atoms with E-state index in [1.54, 1.807) is 0 Å². The van der Waals surface area contributed by atoms with Crippen molar-refractivity contribution in [2.75, 3.05) is 6.61 Å². The van der Waals surface area contributed by atoms with E-state index >= 15 is 0 Å². The van der Waals surface area contributed by atoms with Crippen molar-refractivity contribution in [2.24, 2.45) is 0 Å². The van der Waals surface area contributed by atoms with Crippen LogP contribution in [0.1, 0.15) is 28.8 Å². The molecule has 2 aromatic rings. The number of ketones is 1. The number of carboxylic acid groups (broad SMARTS) is 1. The molecule has 2 aromatic carbocycles. The zero-order valence-corrected chi connectivity index (χ0v) is 13.4. The van der Waals surface area contributed by atoms with Crippen molar-refractivity contribution >= 4 is 11.8 Å². The molecule has 124 valence electrons. The topological polar surface area (TPSA) is 66.9 Å². The third-order valence-corrected chi connectivity index (χ3v) is 3.54. The van der Waals surface area contributed by atoms with Gasteiger partial charge in [-0.05, 0) is 12.8 Å². The molecule has 4 nitrogen and oxygen atoms in total. The number of hydrogen-bond acceptors (Lipinski definition) is 3. The molecule has 1 atom stereocenters. The number of carboxylic acids is 1. The van der Waals surface area contributed by atoms with E-state index in [2.05, 4.69) is 6.58 Å². The normalized spacial score (nSPS) is 14.9. The molecule has 0 bridgehead atoms. The third kappa shape index (κ3) is 5.82. The minimum absolute atomic E-state index is 0.0752. The van der Waals surface area contributed by atoms with Crippen molar-refractivity contribution < 1.29 is 19.4 Å². The molecule has 1 N–H and O–H groups in total. The molecule has 1 aliphatic heterocycles. The van der Waals surface area contributed by atoms with E-state index in [4.69, 9.17) is 9.84 Å². The molecule has 1 saturated heterocycles. The van der Waals surface area contributed by atoms with Crippen LogP contribution in [0.2, 0.25) is 0 Å². The highest BCUT2D eigenvalue weighted by Gasteiger charge is 2.22. The Labute approximate surface area is 141 Å². The number of aliphatic carboxylic acids is 1. The minimum atomic E-state index is -0.902. The standard InChI is InChI=1S/C13H10O.C7H10O3/c14-13(11-7-3-1-4-8-11)12-9-5-2-6-10-12;1-5(7(8)9)2-3-6-4-10-6/h1-10H;6H,1-4H2,(H,8,9). The summed E-state index contributed by atoms with van der Waals surface area (Å²) in [6, 6.07) is 18.6. The van der Waals surface area contributed by atoms with Gasteiger partial charge in [0.2, 0.25) is 0 Å². The highest BCUT2D eigenvalue weighted by molar-refractivity contribution is 6.08. The first-order chi connectivity index (χ1) is 11.6. The highest BCUT2D eigenvalue weighted by atomic mass is 16.6. The molecule has 1 fully saturated rings. The maximum absolute atomic E-state index is 11.8.